The zero-order valence-electron chi connectivity index (χ0n) is 21.1. The van der Waals surface area contributed by atoms with Gasteiger partial charge in [-0.3, -0.25) is 9.78 Å². The van der Waals surface area contributed by atoms with Gasteiger partial charge < -0.3 is 15.0 Å². The number of allylic oxidation sites excluding steroid dienone is 2. The van der Waals surface area contributed by atoms with E-state index in [4.69, 9.17) is 21.3 Å². The number of carbonyl (C=O) groups is 1. The van der Waals surface area contributed by atoms with Crippen LogP contribution in [0.1, 0.15) is 42.7 Å². The van der Waals surface area contributed by atoms with Crippen molar-refractivity contribution >= 4 is 34.1 Å². The number of ether oxygens (including phenoxy) is 1. The largest absolute Gasteiger partial charge is 0.487 e. The molecule has 0 aliphatic carbocycles. The number of carbonyl (C=O) groups excluding carboxylic acids is 1. The number of aryl methyl sites for hydroxylation is 1. The highest BCUT2D eigenvalue weighted by Crippen LogP contribution is 2.32. The molecule has 6 nitrogen and oxygen atoms in total. The molecule has 3 aromatic rings. The summed E-state index contributed by atoms with van der Waals surface area (Å²) in [7, 11) is 4.01. The van der Waals surface area contributed by atoms with Gasteiger partial charge in [0.1, 0.15) is 17.9 Å². The summed E-state index contributed by atoms with van der Waals surface area (Å²) >= 11 is 6.48. The third-order valence-electron chi connectivity index (χ3n) is 5.50. The van der Waals surface area contributed by atoms with Crippen molar-refractivity contribution < 1.29 is 9.53 Å². The lowest BCUT2D eigenvalue weighted by molar-refractivity contribution is -0.121. The fraction of sp³-hybridized carbons (Fsp3) is 0.321. The third-order valence-corrected chi connectivity index (χ3v) is 5.83. The van der Waals surface area contributed by atoms with Crippen LogP contribution in [0.2, 0.25) is 5.02 Å². The molecule has 3 rings (SSSR count). The standard InChI is InChI=1S/C28H33ClN4O2/c1-7-9-25(33(5)6)22-13-19(4)32-28-21(22)10-8-11-26(28)35-17-23-20(14-30-16-24(23)29)15-31-27(34)12-18(2)3/h7-11,13-14,16,18H,1,12,15,17H2,2-6H3,(H,31,34)/b25-9-. The fourth-order valence-corrected chi connectivity index (χ4v) is 4.10. The summed E-state index contributed by atoms with van der Waals surface area (Å²) < 4.78 is 6.27. The average Bonchev–Trinajstić information content (AvgIpc) is 2.79. The Balaban J connectivity index is 1.93. The number of hydrogen-bond donors (Lipinski definition) is 1. The van der Waals surface area contributed by atoms with Gasteiger partial charge in [-0.1, -0.05) is 50.2 Å². The van der Waals surface area contributed by atoms with E-state index in [-0.39, 0.29) is 18.4 Å². The minimum Gasteiger partial charge on any atom is -0.487 e. The number of hydrogen-bond acceptors (Lipinski definition) is 5. The van der Waals surface area contributed by atoms with Crippen LogP contribution in [-0.2, 0) is 17.9 Å². The zero-order valence-corrected chi connectivity index (χ0v) is 21.8. The van der Waals surface area contributed by atoms with Crippen LogP contribution < -0.4 is 10.1 Å². The van der Waals surface area contributed by atoms with Crippen molar-refractivity contribution in [3.05, 3.63) is 82.8 Å². The lowest BCUT2D eigenvalue weighted by atomic mass is 10.0. The number of para-hydroxylation sites is 1. The lowest BCUT2D eigenvalue weighted by Gasteiger charge is -2.20. The Bertz CT molecular complexity index is 1250. The van der Waals surface area contributed by atoms with Crippen LogP contribution in [0.3, 0.4) is 0 Å². The molecule has 184 valence electrons. The fourth-order valence-electron chi connectivity index (χ4n) is 3.87. The Labute approximate surface area is 212 Å². The number of amides is 1. The Morgan fingerprint density at radius 3 is 2.74 bits per heavy atom. The van der Waals surface area contributed by atoms with Crippen LogP contribution >= 0.6 is 11.6 Å². The minimum absolute atomic E-state index is 0.00243. The molecule has 0 unspecified atom stereocenters. The van der Waals surface area contributed by atoms with Gasteiger partial charge in [-0.2, -0.15) is 0 Å². The molecule has 0 saturated heterocycles. The molecule has 2 aromatic heterocycles. The van der Waals surface area contributed by atoms with Crippen LogP contribution in [0.5, 0.6) is 5.75 Å². The molecule has 0 radical (unpaired) electrons. The van der Waals surface area contributed by atoms with E-state index in [1.54, 1.807) is 18.5 Å². The maximum Gasteiger partial charge on any atom is 0.220 e. The van der Waals surface area contributed by atoms with Gasteiger partial charge in [0.25, 0.3) is 0 Å². The summed E-state index contributed by atoms with van der Waals surface area (Å²) in [6.07, 6.45) is 7.54. The third kappa shape index (κ3) is 6.61. The SMILES string of the molecule is C=C/C=C(/c1cc(C)nc2c(OCc3c(Cl)cncc3CNC(=O)CC(C)C)cccc12)N(C)C. The van der Waals surface area contributed by atoms with Crippen molar-refractivity contribution in [1.29, 1.82) is 0 Å². The first-order chi connectivity index (χ1) is 16.7. The van der Waals surface area contributed by atoms with E-state index >= 15 is 0 Å². The highest BCUT2D eigenvalue weighted by molar-refractivity contribution is 6.31. The molecule has 0 aliphatic rings. The second-order valence-corrected chi connectivity index (χ2v) is 9.48. The number of aromatic nitrogens is 2. The van der Waals surface area contributed by atoms with Crippen molar-refractivity contribution in [2.24, 2.45) is 5.92 Å². The first-order valence-corrected chi connectivity index (χ1v) is 12.0. The normalized spacial score (nSPS) is 11.6. The molecule has 1 amide bonds. The van der Waals surface area contributed by atoms with Gasteiger partial charge >= 0.3 is 0 Å². The highest BCUT2D eigenvalue weighted by Gasteiger charge is 2.15. The Hall–Kier alpha value is -3.38. The number of halogens is 1. The van der Waals surface area contributed by atoms with E-state index in [0.717, 1.165) is 39.0 Å². The second-order valence-electron chi connectivity index (χ2n) is 9.07. The predicted molar refractivity (Wildman–Crippen MR) is 143 cm³/mol. The van der Waals surface area contributed by atoms with Crippen LogP contribution in [0, 0.1) is 12.8 Å². The maximum atomic E-state index is 12.1. The van der Waals surface area contributed by atoms with Gasteiger partial charge in [-0.25, -0.2) is 4.98 Å². The Morgan fingerprint density at radius 2 is 2.06 bits per heavy atom. The molecule has 0 saturated carbocycles. The highest BCUT2D eigenvalue weighted by atomic mass is 35.5. The second kappa shape index (κ2) is 11.8. The number of rotatable bonds is 10. The number of nitrogens with one attached hydrogen (secondary N) is 1. The number of fused-ring (bicyclic) bond motifs is 1. The van der Waals surface area contributed by atoms with Gasteiger partial charge in [0, 0.05) is 67.4 Å². The van der Waals surface area contributed by atoms with Crippen LogP contribution in [0.15, 0.2) is 55.4 Å². The molecule has 2 heterocycles. The summed E-state index contributed by atoms with van der Waals surface area (Å²) in [5.74, 6) is 0.945. The molecule has 7 heteroatoms. The van der Waals surface area contributed by atoms with E-state index in [0.29, 0.717) is 23.7 Å². The van der Waals surface area contributed by atoms with Crippen LogP contribution in [-0.4, -0.2) is 34.9 Å². The summed E-state index contributed by atoms with van der Waals surface area (Å²) in [6, 6.07) is 7.98. The molecule has 0 fully saturated rings. The van der Waals surface area contributed by atoms with E-state index in [1.165, 1.54) is 0 Å². The smallest absolute Gasteiger partial charge is 0.220 e. The zero-order chi connectivity index (χ0) is 25.5. The summed E-state index contributed by atoms with van der Waals surface area (Å²) in [6.45, 7) is 10.4. The number of benzene rings is 1. The molecular weight excluding hydrogens is 460 g/mol. The van der Waals surface area contributed by atoms with Gasteiger partial charge in [0.15, 0.2) is 0 Å². The number of nitrogens with zero attached hydrogens (tertiary/aromatic N) is 3. The van der Waals surface area contributed by atoms with E-state index in [1.807, 2.05) is 59.1 Å². The van der Waals surface area contributed by atoms with Gasteiger partial charge in [0.05, 0.1) is 5.02 Å². The minimum atomic E-state index is -0.00243. The maximum absolute atomic E-state index is 12.1. The Kier molecular flexibility index (Phi) is 8.88. The molecule has 0 aliphatic heterocycles. The van der Waals surface area contributed by atoms with Crippen molar-refractivity contribution in [1.82, 2.24) is 20.2 Å². The summed E-state index contributed by atoms with van der Waals surface area (Å²) in [4.78, 5) is 23.2. The monoisotopic (exact) mass is 492 g/mol. The van der Waals surface area contributed by atoms with Crippen molar-refractivity contribution in [3.63, 3.8) is 0 Å². The topological polar surface area (TPSA) is 67.4 Å². The molecule has 35 heavy (non-hydrogen) atoms. The summed E-state index contributed by atoms with van der Waals surface area (Å²) in [5, 5.41) is 4.43. The van der Waals surface area contributed by atoms with E-state index in [2.05, 4.69) is 27.8 Å². The quantitative estimate of drug-likeness (QED) is 0.356. The van der Waals surface area contributed by atoms with E-state index < -0.39 is 0 Å². The molecular formula is C28H33ClN4O2. The molecule has 1 aromatic carbocycles. The van der Waals surface area contributed by atoms with Gasteiger partial charge in [-0.05, 0) is 36.6 Å². The van der Waals surface area contributed by atoms with Crippen LogP contribution in [0.25, 0.3) is 16.6 Å². The first-order valence-electron chi connectivity index (χ1n) is 11.6. The molecule has 0 spiro atoms. The average molecular weight is 493 g/mol. The summed E-state index contributed by atoms with van der Waals surface area (Å²) in [5.41, 5.74) is 5.36. The number of pyridine rings is 2. The van der Waals surface area contributed by atoms with Crippen molar-refractivity contribution in [2.75, 3.05) is 14.1 Å². The predicted octanol–water partition coefficient (Wildman–Crippen LogP) is 5.92. The van der Waals surface area contributed by atoms with Crippen molar-refractivity contribution in [2.45, 2.75) is 40.3 Å². The lowest BCUT2D eigenvalue weighted by Crippen LogP contribution is -2.24. The van der Waals surface area contributed by atoms with E-state index in [9.17, 15) is 4.79 Å². The van der Waals surface area contributed by atoms with Gasteiger partial charge in [0.2, 0.25) is 5.91 Å². The Morgan fingerprint density at radius 1 is 1.29 bits per heavy atom. The van der Waals surface area contributed by atoms with Crippen LogP contribution in [0.4, 0.5) is 0 Å². The molecule has 0 atom stereocenters. The van der Waals surface area contributed by atoms with Gasteiger partial charge in [-0.15, -0.1) is 0 Å². The first kappa shape index (κ1) is 26.2. The van der Waals surface area contributed by atoms with Crippen molar-refractivity contribution in [3.8, 4) is 5.75 Å². The molecule has 1 N–H and O–H groups in total. The molecule has 0 bridgehead atoms.